The van der Waals surface area contributed by atoms with Crippen LogP contribution in [0.4, 0.5) is 0 Å². The van der Waals surface area contributed by atoms with Gasteiger partial charge in [0.05, 0.1) is 11.7 Å². The van der Waals surface area contributed by atoms with Crippen molar-refractivity contribution < 1.29 is 9.21 Å². The third kappa shape index (κ3) is 3.85. The van der Waals surface area contributed by atoms with Crippen LogP contribution >= 0.6 is 0 Å². The maximum atomic E-state index is 12.2. The fourth-order valence-electron chi connectivity index (χ4n) is 3.29. The summed E-state index contributed by atoms with van der Waals surface area (Å²) in [6, 6.07) is 8.10. The van der Waals surface area contributed by atoms with Gasteiger partial charge in [0.2, 0.25) is 5.91 Å². The average Bonchev–Trinajstić information content (AvgIpc) is 3.24. The largest absolute Gasteiger partial charge is 0.441 e. The average molecular weight is 327 g/mol. The number of nitrogens with zero attached hydrogens (tertiary/aromatic N) is 1. The Morgan fingerprint density at radius 1 is 1.29 bits per heavy atom. The van der Waals surface area contributed by atoms with Gasteiger partial charge in [-0.3, -0.25) is 4.79 Å². The smallest absolute Gasteiger partial charge is 0.220 e. The third-order valence-corrected chi connectivity index (χ3v) is 4.81. The van der Waals surface area contributed by atoms with Crippen molar-refractivity contribution in [2.45, 2.75) is 51.0 Å². The number of benzene rings is 1. The van der Waals surface area contributed by atoms with Crippen molar-refractivity contribution in [2.24, 2.45) is 5.73 Å². The lowest BCUT2D eigenvalue weighted by Gasteiger charge is -2.28. The van der Waals surface area contributed by atoms with E-state index in [4.69, 9.17) is 10.2 Å². The van der Waals surface area contributed by atoms with Crippen LogP contribution in [0.1, 0.15) is 43.6 Å². The predicted octanol–water partition coefficient (Wildman–Crippen LogP) is 2.97. The number of amides is 1. The fourth-order valence-corrected chi connectivity index (χ4v) is 3.29. The first-order valence-electron chi connectivity index (χ1n) is 8.63. The van der Waals surface area contributed by atoms with Crippen LogP contribution in [0.15, 0.2) is 34.9 Å². The van der Waals surface area contributed by atoms with Crippen molar-refractivity contribution in [1.82, 2.24) is 10.3 Å². The summed E-state index contributed by atoms with van der Waals surface area (Å²) in [4.78, 5) is 16.5. The highest BCUT2D eigenvalue weighted by atomic mass is 16.4. The predicted molar refractivity (Wildman–Crippen MR) is 93.4 cm³/mol. The lowest BCUT2D eigenvalue weighted by molar-refractivity contribution is -0.122. The molecule has 1 aliphatic rings. The van der Waals surface area contributed by atoms with Crippen LogP contribution in [-0.2, 0) is 11.2 Å². The number of nitrogens with two attached hydrogens (primary N) is 1. The second kappa shape index (κ2) is 7.18. The molecule has 0 atom stereocenters. The maximum absolute atomic E-state index is 12.2. The number of hydrogen-bond donors (Lipinski definition) is 2. The molecule has 0 aliphatic heterocycles. The first kappa shape index (κ1) is 16.7. The van der Waals surface area contributed by atoms with Gasteiger partial charge in [0, 0.05) is 24.9 Å². The molecule has 1 amide bonds. The lowest BCUT2D eigenvalue weighted by Crippen LogP contribution is -2.51. The van der Waals surface area contributed by atoms with Crippen molar-refractivity contribution in [3.63, 3.8) is 0 Å². The quantitative estimate of drug-likeness (QED) is 0.854. The molecule has 0 spiro atoms. The second-order valence-electron chi connectivity index (χ2n) is 6.72. The molecule has 128 valence electrons. The zero-order chi connectivity index (χ0) is 17.0. The van der Waals surface area contributed by atoms with Crippen LogP contribution in [0.2, 0.25) is 0 Å². The Balaban J connectivity index is 1.55. The summed E-state index contributed by atoms with van der Waals surface area (Å²) < 4.78 is 5.77. The van der Waals surface area contributed by atoms with Crippen molar-refractivity contribution in [1.29, 1.82) is 0 Å². The molecule has 1 aliphatic carbocycles. The standard InChI is InChI=1S/C19H25N3O2/c1-14-4-6-15(7-5-14)16-12-21-18(24-16)9-8-17(23)22-19(13-20)10-2-3-11-19/h4-7,12H,2-3,8-11,13,20H2,1H3,(H,22,23). The fraction of sp³-hybridized carbons (Fsp3) is 0.474. The molecule has 0 radical (unpaired) electrons. The van der Waals surface area contributed by atoms with Crippen molar-refractivity contribution in [3.05, 3.63) is 41.9 Å². The minimum absolute atomic E-state index is 0.0254. The number of hydrogen-bond acceptors (Lipinski definition) is 4. The molecular weight excluding hydrogens is 302 g/mol. The maximum Gasteiger partial charge on any atom is 0.220 e. The number of carbonyl (C=O) groups excluding carboxylic acids is 1. The zero-order valence-corrected chi connectivity index (χ0v) is 14.2. The van der Waals surface area contributed by atoms with E-state index in [-0.39, 0.29) is 11.4 Å². The van der Waals surface area contributed by atoms with Crippen molar-refractivity contribution in [2.75, 3.05) is 6.54 Å². The summed E-state index contributed by atoms with van der Waals surface area (Å²) in [6.45, 7) is 2.56. The molecule has 3 rings (SSSR count). The highest BCUT2D eigenvalue weighted by Gasteiger charge is 2.33. The highest BCUT2D eigenvalue weighted by molar-refractivity contribution is 5.77. The Labute approximate surface area is 142 Å². The van der Waals surface area contributed by atoms with Gasteiger partial charge in [0.15, 0.2) is 11.7 Å². The molecule has 0 saturated heterocycles. The van der Waals surface area contributed by atoms with Crippen molar-refractivity contribution >= 4 is 5.91 Å². The van der Waals surface area contributed by atoms with E-state index in [9.17, 15) is 4.79 Å². The van der Waals surface area contributed by atoms with E-state index in [0.29, 0.717) is 25.3 Å². The van der Waals surface area contributed by atoms with E-state index in [1.807, 2.05) is 31.2 Å². The van der Waals surface area contributed by atoms with Gasteiger partial charge in [0.25, 0.3) is 0 Å². The lowest BCUT2D eigenvalue weighted by atomic mass is 9.97. The number of nitrogens with one attached hydrogen (secondary N) is 1. The van der Waals surface area contributed by atoms with E-state index in [1.165, 1.54) is 5.56 Å². The Hall–Kier alpha value is -2.14. The summed E-state index contributed by atoms with van der Waals surface area (Å²) in [5, 5.41) is 3.12. The monoisotopic (exact) mass is 327 g/mol. The number of aromatic nitrogens is 1. The molecule has 3 N–H and O–H groups in total. The molecule has 24 heavy (non-hydrogen) atoms. The van der Waals surface area contributed by atoms with Crippen LogP contribution < -0.4 is 11.1 Å². The van der Waals surface area contributed by atoms with E-state index >= 15 is 0 Å². The van der Waals surface area contributed by atoms with Crippen LogP contribution in [0.5, 0.6) is 0 Å². The Morgan fingerprint density at radius 2 is 2.00 bits per heavy atom. The number of oxazole rings is 1. The van der Waals surface area contributed by atoms with E-state index < -0.39 is 0 Å². The van der Waals surface area contributed by atoms with Gasteiger partial charge < -0.3 is 15.5 Å². The van der Waals surface area contributed by atoms with Crippen molar-refractivity contribution in [3.8, 4) is 11.3 Å². The SMILES string of the molecule is Cc1ccc(-c2cnc(CCC(=O)NC3(CN)CCCC3)o2)cc1. The molecule has 1 fully saturated rings. The van der Waals surface area contributed by atoms with Gasteiger partial charge >= 0.3 is 0 Å². The molecule has 1 saturated carbocycles. The normalized spacial score (nSPS) is 16.2. The first-order valence-corrected chi connectivity index (χ1v) is 8.63. The topological polar surface area (TPSA) is 81.2 Å². The molecule has 1 aromatic carbocycles. The van der Waals surface area contributed by atoms with Gasteiger partial charge in [-0.1, -0.05) is 42.7 Å². The number of aryl methyl sites for hydroxylation is 2. The van der Waals surface area contributed by atoms with Gasteiger partial charge in [-0.25, -0.2) is 4.98 Å². The molecule has 1 heterocycles. The zero-order valence-electron chi connectivity index (χ0n) is 14.2. The van der Waals surface area contributed by atoms with Gasteiger partial charge in [0.1, 0.15) is 0 Å². The molecule has 5 nitrogen and oxygen atoms in total. The minimum atomic E-state index is -0.194. The summed E-state index contributed by atoms with van der Waals surface area (Å²) in [6.07, 6.45) is 6.82. The number of rotatable bonds is 6. The van der Waals surface area contributed by atoms with Gasteiger partial charge in [-0.15, -0.1) is 0 Å². The van der Waals surface area contributed by atoms with Crippen LogP contribution in [0.3, 0.4) is 0 Å². The van der Waals surface area contributed by atoms with Crippen LogP contribution in [0.25, 0.3) is 11.3 Å². The van der Waals surface area contributed by atoms with Gasteiger partial charge in [-0.05, 0) is 19.8 Å². The highest BCUT2D eigenvalue weighted by Crippen LogP contribution is 2.28. The van der Waals surface area contributed by atoms with Gasteiger partial charge in [-0.2, -0.15) is 0 Å². The molecule has 5 heteroatoms. The molecule has 2 aromatic rings. The summed E-state index contributed by atoms with van der Waals surface area (Å²) >= 11 is 0. The minimum Gasteiger partial charge on any atom is -0.441 e. The van der Waals surface area contributed by atoms with Crippen LogP contribution in [-0.4, -0.2) is 23.0 Å². The third-order valence-electron chi connectivity index (χ3n) is 4.81. The molecule has 0 bridgehead atoms. The number of carbonyl (C=O) groups is 1. The second-order valence-corrected chi connectivity index (χ2v) is 6.72. The van der Waals surface area contributed by atoms with Crippen LogP contribution in [0, 0.1) is 6.92 Å². The summed E-state index contributed by atoms with van der Waals surface area (Å²) in [5.41, 5.74) is 7.87. The van der Waals surface area contributed by atoms with E-state index in [2.05, 4.69) is 10.3 Å². The summed E-state index contributed by atoms with van der Waals surface area (Å²) in [5.74, 6) is 1.35. The molecule has 0 unspecified atom stereocenters. The van der Waals surface area contributed by atoms with E-state index in [1.54, 1.807) is 6.20 Å². The first-order chi connectivity index (χ1) is 11.6. The summed E-state index contributed by atoms with van der Waals surface area (Å²) in [7, 11) is 0. The molecular formula is C19H25N3O2. The Morgan fingerprint density at radius 3 is 2.67 bits per heavy atom. The Kier molecular flexibility index (Phi) is 5.00. The molecule has 1 aromatic heterocycles. The van der Waals surface area contributed by atoms with E-state index in [0.717, 1.165) is 37.0 Å². The Bertz CT molecular complexity index is 685.